The Morgan fingerprint density at radius 3 is 2.71 bits per heavy atom. The second-order valence-corrected chi connectivity index (χ2v) is 2.96. The average molecular weight is 246 g/mol. The van der Waals surface area contributed by atoms with E-state index in [0.717, 1.165) is 0 Å². The fraction of sp³-hybridized carbons (Fsp3) is 0.300. The molecule has 0 heterocycles. The van der Waals surface area contributed by atoms with Crippen LogP contribution in [-0.4, -0.2) is 24.3 Å². The van der Waals surface area contributed by atoms with Gasteiger partial charge in [-0.3, -0.25) is 0 Å². The fourth-order valence-electron chi connectivity index (χ4n) is 1.19. The fourth-order valence-corrected chi connectivity index (χ4v) is 1.19. The summed E-state index contributed by atoms with van der Waals surface area (Å²) >= 11 is 0. The maximum Gasteiger partial charge on any atom is 0.387 e. The van der Waals surface area contributed by atoms with Crippen molar-refractivity contribution in [2.75, 3.05) is 6.61 Å². The molecule has 0 aromatic heterocycles. The van der Waals surface area contributed by atoms with Crippen molar-refractivity contribution in [2.24, 2.45) is 10.9 Å². The minimum atomic E-state index is -2.94. The molecule has 0 saturated heterocycles. The quantitative estimate of drug-likeness (QED) is 0.359. The molecule has 1 rings (SSSR count). The van der Waals surface area contributed by atoms with Crippen LogP contribution in [0.15, 0.2) is 23.4 Å². The molecule has 0 atom stereocenters. The van der Waals surface area contributed by atoms with Gasteiger partial charge in [0.1, 0.15) is 0 Å². The van der Waals surface area contributed by atoms with Crippen LogP contribution in [0.25, 0.3) is 0 Å². The van der Waals surface area contributed by atoms with Gasteiger partial charge < -0.3 is 20.4 Å². The summed E-state index contributed by atoms with van der Waals surface area (Å²) in [6, 6.07) is 4.01. The van der Waals surface area contributed by atoms with Gasteiger partial charge in [0.2, 0.25) is 0 Å². The zero-order valence-electron chi connectivity index (χ0n) is 9.06. The van der Waals surface area contributed by atoms with Gasteiger partial charge >= 0.3 is 6.61 Å². The van der Waals surface area contributed by atoms with Crippen molar-refractivity contribution >= 4 is 5.84 Å². The smallest absolute Gasteiger partial charge is 0.387 e. The number of halogens is 2. The standard InChI is InChI=1S/C10H12F2N2O3/c1-2-16-8-5-6(9(13)14-15)3-4-7(8)17-10(11)12/h3-5,10,15H,2H2,1H3,(H2,13,14). The maximum atomic E-state index is 12.1. The minimum absolute atomic E-state index is 0.101. The van der Waals surface area contributed by atoms with Gasteiger partial charge in [0, 0.05) is 5.56 Å². The Kier molecular flexibility index (Phi) is 4.50. The van der Waals surface area contributed by atoms with Crippen LogP contribution in [-0.2, 0) is 0 Å². The van der Waals surface area contributed by atoms with Crippen molar-refractivity contribution in [3.63, 3.8) is 0 Å². The number of ether oxygens (including phenoxy) is 2. The third kappa shape index (κ3) is 3.47. The summed E-state index contributed by atoms with van der Waals surface area (Å²) < 4.78 is 33.6. The van der Waals surface area contributed by atoms with Gasteiger partial charge in [0.25, 0.3) is 0 Å². The number of benzene rings is 1. The Morgan fingerprint density at radius 2 is 2.18 bits per heavy atom. The van der Waals surface area contributed by atoms with Crippen LogP contribution in [0.3, 0.4) is 0 Å². The highest BCUT2D eigenvalue weighted by molar-refractivity contribution is 5.97. The lowest BCUT2D eigenvalue weighted by molar-refractivity contribution is -0.0514. The van der Waals surface area contributed by atoms with Crippen molar-refractivity contribution in [1.29, 1.82) is 0 Å². The first kappa shape index (κ1) is 13.0. The van der Waals surface area contributed by atoms with Crippen molar-refractivity contribution in [3.8, 4) is 11.5 Å². The largest absolute Gasteiger partial charge is 0.490 e. The predicted molar refractivity (Wildman–Crippen MR) is 56.8 cm³/mol. The van der Waals surface area contributed by atoms with E-state index in [9.17, 15) is 8.78 Å². The van der Waals surface area contributed by atoms with Gasteiger partial charge in [0.05, 0.1) is 6.61 Å². The molecule has 5 nitrogen and oxygen atoms in total. The number of nitrogens with zero attached hydrogens (tertiary/aromatic N) is 1. The lowest BCUT2D eigenvalue weighted by Crippen LogP contribution is -2.13. The Morgan fingerprint density at radius 1 is 1.47 bits per heavy atom. The summed E-state index contributed by atoms with van der Waals surface area (Å²) in [5.41, 5.74) is 5.71. The van der Waals surface area contributed by atoms with Gasteiger partial charge in [-0.25, -0.2) is 0 Å². The third-order valence-corrected chi connectivity index (χ3v) is 1.86. The molecular weight excluding hydrogens is 234 g/mol. The van der Waals surface area contributed by atoms with E-state index in [1.54, 1.807) is 6.92 Å². The molecule has 1 aromatic carbocycles. The van der Waals surface area contributed by atoms with Crippen LogP contribution in [0, 0.1) is 0 Å². The summed E-state index contributed by atoms with van der Waals surface area (Å²) in [5.74, 6) is -0.136. The van der Waals surface area contributed by atoms with Crippen LogP contribution >= 0.6 is 0 Å². The van der Waals surface area contributed by atoms with Gasteiger partial charge in [-0.15, -0.1) is 0 Å². The molecule has 1 aromatic rings. The van der Waals surface area contributed by atoms with E-state index < -0.39 is 6.61 Å². The van der Waals surface area contributed by atoms with Crippen molar-refractivity contribution in [2.45, 2.75) is 13.5 Å². The summed E-state index contributed by atoms with van der Waals surface area (Å²) in [7, 11) is 0. The molecule has 0 amide bonds. The molecular formula is C10H12F2N2O3. The van der Waals surface area contributed by atoms with E-state index in [4.69, 9.17) is 15.7 Å². The van der Waals surface area contributed by atoms with Crippen LogP contribution in [0.1, 0.15) is 12.5 Å². The zero-order chi connectivity index (χ0) is 12.8. The molecule has 0 unspecified atom stereocenters. The Balaban J connectivity index is 3.07. The summed E-state index contributed by atoms with van der Waals surface area (Å²) in [5, 5.41) is 11.3. The van der Waals surface area contributed by atoms with Crippen molar-refractivity contribution in [3.05, 3.63) is 23.8 Å². The zero-order valence-corrected chi connectivity index (χ0v) is 9.06. The highest BCUT2D eigenvalue weighted by atomic mass is 19.3. The third-order valence-electron chi connectivity index (χ3n) is 1.86. The second-order valence-electron chi connectivity index (χ2n) is 2.96. The summed E-state index contributed by atoms with van der Waals surface area (Å²) in [4.78, 5) is 0. The second kappa shape index (κ2) is 5.88. The first-order chi connectivity index (χ1) is 8.08. The number of oxime groups is 1. The molecule has 0 aliphatic rings. The van der Waals surface area contributed by atoms with Crippen LogP contribution < -0.4 is 15.2 Å². The lowest BCUT2D eigenvalue weighted by atomic mass is 10.2. The number of rotatable bonds is 5. The van der Waals surface area contributed by atoms with Crippen LogP contribution in [0.4, 0.5) is 8.78 Å². The highest BCUT2D eigenvalue weighted by Gasteiger charge is 2.12. The summed E-state index contributed by atoms with van der Waals surface area (Å²) in [6.45, 7) is -0.967. The molecule has 0 fully saturated rings. The predicted octanol–water partition coefficient (Wildman–Crippen LogP) is 1.78. The van der Waals surface area contributed by atoms with E-state index in [1.807, 2.05) is 0 Å². The van der Waals surface area contributed by atoms with Crippen LogP contribution in [0.5, 0.6) is 11.5 Å². The highest BCUT2D eigenvalue weighted by Crippen LogP contribution is 2.29. The molecule has 0 radical (unpaired) electrons. The van der Waals surface area contributed by atoms with Gasteiger partial charge in [-0.1, -0.05) is 5.16 Å². The topological polar surface area (TPSA) is 77.1 Å². The SMILES string of the molecule is CCOc1cc(/C(N)=N/O)ccc1OC(F)F. The van der Waals surface area contributed by atoms with E-state index in [0.29, 0.717) is 5.56 Å². The number of hydrogen-bond acceptors (Lipinski definition) is 4. The number of alkyl halides is 2. The number of hydrogen-bond donors (Lipinski definition) is 2. The minimum Gasteiger partial charge on any atom is -0.490 e. The monoisotopic (exact) mass is 246 g/mol. The molecule has 0 spiro atoms. The molecule has 0 saturated carbocycles. The lowest BCUT2D eigenvalue weighted by Gasteiger charge is -2.12. The first-order valence-electron chi connectivity index (χ1n) is 4.78. The average Bonchev–Trinajstić information content (AvgIpc) is 2.30. The van der Waals surface area contributed by atoms with Crippen molar-refractivity contribution in [1.82, 2.24) is 0 Å². The Labute approximate surface area is 96.4 Å². The molecule has 7 heteroatoms. The van der Waals surface area contributed by atoms with Gasteiger partial charge in [-0.2, -0.15) is 8.78 Å². The van der Waals surface area contributed by atoms with Crippen LogP contribution in [0.2, 0.25) is 0 Å². The number of amidine groups is 1. The molecule has 94 valence electrons. The Hall–Kier alpha value is -2.05. The van der Waals surface area contributed by atoms with Gasteiger partial charge in [-0.05, 0) is 25.1 Å². The first-order valence-corrected chi connectivity index (χ1v) is 4.78. The Bertz CT molecular complexity index is 411. The summed E-state index contributed by atoms with van der Waals surface area (Å²) in [6.07, 6.45) is 0. The molecule has 0 aliphatic heterocycles. The molecule has 0 aliphatic carbocycles. The number of nitrogens with two attached hydrogens (primary N) is 1. The van der Waals surface area contributed by atoms with Crippen molar-refractivity contribution < 1.29 is 23.5 Å². The molecule has 17 heavy (non-hydrogen) atoms. The van der Waals surface area contributed by atoms with E-state index in [1.165, 1.54) is 18.2 Å². The van der Waals surface area contributed by atoms with E-state index in [-0.39, 0.29) is 23.9 Å². The normalized spacial score (nSPS) is 11.6. The maximum absolute atomic E-state index is 12.1. The van der Waals surface area contributed by atoms with E-state index in [2.05, 4.69) is 9.89 Å². The van der Waals surface area contributed by atoms with E-state index >= 15 is 0 Å². The molecule has 0 bridgehead atoms. The van der Waals surface area contributed by atoms with Gasteiger partial charge in [0.15, 0.2) is 17.3 Å². The molecule has 3 N–H and O–H groups in total.